The topological polar surface area (TPSA) is 131 Å². The Morgan fingerprint density at radius 2 is 1.74 bits per heavy atom. The molecule has 1 aliphatic heterocycles. The molecule has 178 valence electrons. The summed E-state index contributed by atoms with van der Waals surface area (Å²) in [5.74, 6) is 0.523. The molecule has 4 aromatic rings. The third kappa shape index (κ3) is 4.60. The fourth-order valence-corrected chi connectivity index (χ4v) is 4.23. The molecular formula is C24H24N8O3. The third-order valence-corrected chi connectivity index (χ3v) is 6.10. The van der Waals surface area contributed by atoms with Crippen molar-refractivity contribution in [3.05, 3.63) is 82.2 Å². The minimum atomic E-state index is -0.360. The Balaban J connectivity index is 1.27. The highest BCUT2D eigenvalue weighted by molar-refractivity contribution is 5.90. The summed E-state index contributed by atoms with van der Waals surface area (Å²) >= 11 is 0. The smallest absolute Gasteiger partial charge is 0.324 e. The van der Waals surface area contributed by atoms with Crippen LogP contribution in [0.4, 0.5) is 10.5 Å². The van der Waals surface area contributed by atoms with Gasteiger partial charge in [0.2, 0.25) is 0 Å². The summed E-state index contributed by atoms with van der Waals surface area (Å²) in [5.41, 5.74) is 1.89. The molecule has 0 atom stereocenters. The second-order valence-electron chi connectivity index (χ2n) is 8.42. The summed E-state index contributed by atoms with van der Waals surface area (Å²) in [6.07, 6.45) is 7.54. The quantitative estimate of drug-likeness (QED) is 0.469. The van der Waals surface area contributed by atoms with E-state index < -0.39 is 0 Å². The monoisotopic (exact) mass is 472 g/mol. The second kappa shape index (κ2) is 9.37. The van der Waals surface area contributed by atoms with Crippen LogP contribution < -0.4 is 16.6 Å². The number of hydrogen-bond acceptors (Lipinski definition) is 6. The minimum Gasteiger partial charge on any atom is -0.324 e. The Morgan fingerprint density at radius 3 is 2.46 bits per heavy atom. The molecule has 2 amide bonds. The number of amides is 2. The molecule has 11 heteroatoms. The van der Waals surface area contributed by atoms with Crippen LogP contribution in [0.25, 0.3) is 22.5 Å². The first-order valence-electron chi connectivity index (χ1n) is 11.3. The Hall–Kier alpha value is -4.54. The summed E-state index contributed by atoms with van der Waals surface area (Å²) in [7, 11) is 1.63. The van der Waals surface area contributed by atoms with E-state index in [1.54, 1.807) is 36.6 Å². The van der Waals surface area contributed by atoms with Crippen molar-refractivity contribution < 1.29 is 4.79 Å². The van der Waals surface area contributed by atoms with E-state index in [2.05, 4.69) is 25.4 Å². The lowest BCUT2D eigenvalue weighted by atomic mass is 10.1. The van der Waals surface area contributed by atoms with Crippen LogP contribution in [0.3, 0.4) is 0 Å². The number of hydrogen-bond donors (Lipinski definition) is 2. The number of aromatic amines is 1. The Kier molecular flexibility index (Phi) is 5.96. The average molecular weight is 473 g/mol. The van der Waals surface area contributed by atoms with Crippen LogP contribution in [0.2, 0.25) is 0 Å². The molecule has 0 saturated carbocycles. The van der Waals surface area contributed by atoms with Crippen molar-refractivity contribution in [2.24, 2.45) is 7.05 Å². The maximum Gasteiger partial charge on any atom is 0.343 e. The summed E-state index contributed by atoms with van der Waals surface area (Å²) in [6.45, 7) is 0.867. The van der Waals surface area contributed by atoms with E-state index in [0.29, 0.717) is 37.3 Å². The van der Waals surface area contributed by atoms with E-state index in [0.717, 1.165) is 11.1 Å². The van der Waals surface area contributed by atoms with Crippen molar-refractivity contribution in [2.75, 3.05) is 18.4 Å². The SMILES string of the molecule is Cn1cc(-c2cncnc2)cc(NC(=O)N2CCC(n3nc(-c4ccccc4)[nH]c3=O)CC2)c1=O. The number of nitrogens with zero attached hydrogens (tertiary/aromatic N) is 6. The van der Waals surface area contributed by atoms with Crippen LogP contribution in [-0.4, -0.2) is 53.3 Å². The number of likely N-dealkylation sites (tertiary alicyclic amines) is 1. The lowest BCUT2D eigenvalue weighted by molar-refractivity contribution is 0.179. The van der Waals surface area contributed by atoms with Crippen molar-refractivity contribution in [1.82, 2.24) is 34.2 Å². The molecule has 0 bridgehead atoms. The van der Waals surface area contributed by atoms with Crippen LogP contribution >= 0.6 is 0 Å². The van der Waals surface area contributed by atoms with Gasteiger partial charge in [0.05, 0.1) is 6.04 Å². The molecule has 5 rings (SSSR count). The van der Waals surface area contributed by atoms with Gasteiger partial charge in [0.15, 0.2) is 5.82 Å². The molecule has 11 nitrogen and oxygen atoms in total. The van der Waals surface area contributed by atoms with Crippen LogP contribution in [-0.2, 0) is 7.05 Å². The fraction of sp³-hybridized carbons (Fsp3) is 0.250. The number of carbonyl (C=O) groups is 1. The van der Waals surface area contributed by atoms with Gasteiger partial charge < -0.3 is 14.8 Å². The summed E-state index contributed by atoms with van der Waals surface area (Å²) in [6, 6.07) is 10.6. The van der Waals surface area contributed by atoms with Crippen LogP contribution in [0.5, 0.6) is 0 Å². The highest BCUT2D eigenvalue weighted by Gasteiger charge is 2.26. The molecule has 3 aromatic heterocycles. The maximum atomic E-state index is 12.9. The van der Waals surface area contributed by atoms with E-state index >= 15 is 0 Å². The molecule has 1 aromatic carbocycles. The molecule has 35 heavy (non-hydrogen) atoms. The van der Waals surface area contributed by atoms with Gasteiger partial charge in [0.1, 0.15) is 12.0 Å². The summed E-state index contributed by atoms with van der Waals surface area (Å²) in [4.78, 5) is 50.5. The van der Waals surface area contributed by atoms with Gasteiger partial charge in [-0.25, -0.2) is 24.2 Å². The number of aromatic nitrogens is 6. The molecule has 4 heterocycles. The highest BCUT2D eigenvalue weighted by Crippen LogP contribution is 2.23. The van der Waals surface area contributed by atoms with E-state index in [1.807, 2.05) is 30.3 Å². The highest BCUT2D eigenvalue weighted by atomic mass is 16.2. The van der Waals surface area contributed by atoms with E-state index in [-0.39, 0.29) is 29.0 Å². The number of anilines is 1. The molecule has 0 unspecified atom stereocenters. The zero-order chi connectivity index (χ0) is 24.4. The van der Waals surface area contributed by atoms with Crippen LogP contribution in [0, 0.1) is 0 Å². The predicted octanol–water partition coefficient (Wildman–Crippen LogP) is 2.26. The molecule has 0 spiro atoms. The van der Waals surface area contributed by atoms with Crippen LogP contribution in [0.1, 0.15) is 18.9 Å². The molecule has 1 fully saturated rings. The van der Waals surface area contributed by atoms with Gasteiger partial charge in [-0.3, -0.25) is 9.78 Å². The third-order valence-electron chi connectivity index (χ3n) is 6.10. The first-order valence-corrected chi connectivity index (χ1v) is 11.3. The number of urea groups is 1. The van der Waals surface area contributed by atoms with Crippen molar-refractivity contribution in [3.8, 4) is 22.5 Å². The average Bonchev–Trinajstić information content (AvgIpc) is 3.29. The lowest BCUT2D eigenvalue weighted by Crippen LogP contribution is -2.43. The van der Waals surface area contributed by atoms with Crippen molar-refractivity contribution in [3.63, 3.8) is 0 Å². The maximum absolute atomic E-state index is 12.9. The molecular weight excluding hydrogens is 448 g/mol. The predicted molar refractivity (Wildman–Crippen MR) is 130 cm³/mol. The summed E-state index contributed by atoms with van der Waals surface area (Å²) < 4.78 is 2.89. The largest absolute Gasteiger partial charge is 0.343 e. The molecule has 0 radical (unpaired) electrons. The molecule has 1 saturated heterocycles. The van der Waals surface area contributed by atoms with Gasteiger partial charge in [-0.1, -0.05) is 30.3 Å². The number of pyridine rings is 1. The van der Waals surface area contributed by atoms with Gasteiger partial charge in [-0.15, -0.1) is 5.10 Å². The zero-order valence-electron chi connectivity index (χ0n) is 19.1. The number of carbonyl (C=O) groups excluding carboxylic acids is 1. The molecule has 2 N–H and O–H groups in total. The number of H-pyrrole nitrogens is 1. The Labute approximate surface area is 200 Å². The minimum absolute atomic E-state index is 0.116. The van der Waals surface area contributed by atoms with E-state index in [1.165, 1.54) is 15.6 Å². The summed E-state index contributed by atoms with van der Waals surface area (Å²) in [5, 5.41) is 7.22. The second-order valence-corrected chi connectivity index (χ2v) is 8.42. The van der Waals surface area contributed by atoms with Gasteiger partial charge in [0.25, 0.3) is 5.56 Å². The van der Waals surface area contributed by atoms with E-state index in [9.17, 15) is 14.4 Å². The first kappa shape index (κ1) is 22.3. The van der Waals surface area contributed by atoms with Gasteiger partial charge >= 0.3 is 11.7 Å². The number of benzene rings is 1. The van der Waals surface area contributed by atoms with E-state index in [4.69, 9.17) is 0 Å². The van der Waals surface area contributed by atoms with Crippen LogP contribution in [0.15, 0.2) is 70.9 Å². The molecule has 1 aliphatic rings. The number of piperidine rings is 1. The zero-order valence-corrected chi connectivity index (χ0v) is 19.1. The van der Waals surface area contributed by atoms with Gasteiger partial charge in [0, 0.05) is 55.4 Å². The van der Waals surface area contributed by atoms with Crippen molar-refractivity contribution >= 4 is 11.7 Å². The van der Waals surface area contributed by atoms with Crippen molar-refractivity contribution in [1.29, 1.82) is 0 Å². The normalized spacial score (nSPS) is 14.1. The van der Waals surface area contributed by atoms with Gasteiger partial charge in [-0.2, -0.15) is 0 Å². The fourth-order valence-electron chi connectivity index (χ4n) is 4.23. The number of rotatable bonds is 4. The first-order chi connectivity index (χ1) is 17.0. The standard InChI is InChI=1S/C24H24N8O3/c1-30-14-17(18-12-25-15-26-13-18)11-20(22(30)33)27-23(34)31-9-7-19(8-10-31)32-24(35)28-21(29-32)16-5-3-2-4-6-16/h2-6,11-15,19H,7-10H2,1H3,(H,27,34)(H,28,29,35). The van der Waals surface area contributed by atoms with Crippen molar-refractivity contribution in [2.45, 2.75) is 18.9 Å². The lowest BCUT2D eigenvalue weighted by Gasteiger charge is -2.31. The molecule has 0 aliphatic carbocycles. The Bertz CT molecular complexity index is 1450. The number of aryl methyl sites for hydroxylation is 1. The van der Waals surface area contributed by atoms with Gasteiger partial charge in [-0.05, 0) is 18.9 Å². The number of nitrogens with one attached hydrogen (secondary N) is 2. The Morgan fingerprint density at radius 1 is 1.03 bits per heavy atom.